The number of hydrogen-bond acceptors (Lipinski definition) is 2. The van der Waals surface area contributed by atoms with Crippen LogP contribution in [0.4, 0.5) is 4.79 Å². The fraction of sp³-hybridized carbons (Fsp3) is 0.733. The van der Waals surface area contributed by atoms with Gasteiger partial charge < -0.3 is 15.3 Å². The topological polar surface area (TPSA) is 69.6 Å². The number of urea groups is 1. The van der Waals surface area contributed by atoms with Gasteiger partial charge in [-0.25, -0.2) is 4.79 Å². The average Bonchev–Trinajstić information content (AvgIpc) is 2.33. The average molecular weight is 284 g/mol. The largest absolute Gasteiger partial charge is 0.481 e. The highest BCUT2D eigenvalue weighted by Gasteiger charge is 2.20. The number of rotatable bonds is 9. The maximum absolute atomic E-state index is 11.9. The molecule has 0 aliphatic carbocycles. The van der Waals surface area contributed by atoms with Crippen molar-refractivity contribution in [2.24, 2.45) is 5.41 Å². The van der Waals surface area contributed by atoms with E-state index >= 15 is 0 Å². The van der Waals surface area contributed by atoms with Crippen LogP contribution in [0.3, 0.4) is 0 Å². The molecule has 0 rings (SSSR count). The number of carboxylic acids is 1. The smallest absolute Gasteiger partial charge is 0.317 e. The molecular weight excluding hydrogens is 256 g/mol. The highest BCUT2D eigenvalue weighted by atomic mass is 16.4. The zero-order chi connectivity index (χ0) is 15.8. The second-order valence-electron chi connectivity index (χ2n) is 6.01. The summed E-state index contributed by atoms with van der Waals surface area (Å²) in [5.41, 5.74) is 0.862. The number of carbonyl (C=O) groups excluding carboxylic acids is 1. The van der Waals surface area contributed by atoms with Crippen molar-refractivity contribution < 1.29 is 14.7 Å². The van der Waals surface area contributed by atoms with Crippen molar-refractivity contribution in [3.63, 3.8) is 0 Å². The molecule has 0 bridgehead atoms. The molecule has 0 heterocycles. The monoisotopic (exact) mass is 284 g/mol. The molecule has 0 aromatic rings. The third-order valence-electron chi connectivity index (χ3n) is 3.22. The van der Waals surface area contributed by atoms with Gasteiger partial charge >= 0.3 is 12.0 Å². The van der Waals surface area contributed by atoms with Crippen molar-refractivity contribution in [1.29, 1.82) is 0 Å². The fourth-order valence-corrected chi connectivity index (χ4v) is 1.84. The summed E-state index contributed by atoms with van der Waals surface area (Å²) in [6.07, 6.45) is 1.54. The van der Waals surface area contributed by atoms with Crippen LogP contribution in [0.15, 0.2) is 12.2 Å². The Morgan fingerprint density at radius 2 is 1.90 bits per heavy atom. The summed E-state index contributed by atoms with van der Waals surface area (Å²) in [5.74, 6) is -0.777. The van der Waals surface area contributed by atoms with E-state index in [-0.39, 0.29) is 17.9 Å². The summed E-state index contributed by atoms with van der Waals surface area (Å²) in [4.78, 5) is 24.2. The molecule has 0 spiro atoms. The number of amides is 2. The van der Waals surface area contributed by atoms with Gasteiger partial charge in [0.15, 0.2) is 0 Å². The fourth-order valence-electron chi connectivity index (χ4n) is 1.84. The zero-order valence-corrected chi connectivity index (χ0v) is 13.2. The van der Waals surface area contributed by atoms with E-state index in [9.17, 15) is 9.59 Å². The predicted molar refractivity (Wildman–Crippen MR) is 80.7 cm³/mol. The Hall–Kier alpha value is -1.52. The maximum atomic E-state index is 11.9. The van der Waals surface area contributed by atoms with Gasteiger partial charge in [-0.3, -0.25) is 4.79 Å². The van der Waals surface area contributed by atoms with Gasteiger partial charge in [0.25, 0.3) is 0 Å². The lowest BCUT2D eigenvalue weighted by Gasteiger charge is -2.26. The van der Waals surface area contributed by atoms with E-state index in [2.05, 4.69) is 11.9 Å². The summed E-state index contributed by atoms with van der Waals surface area (Å²) in [6, 6.07) is -0.0930. The molecule has 0 aliphatic rings. The number of nitrogens with one attached hydrogen (secondary N) is 1. The molecule has 2 amide bonds. The van der Waals surface area contributed by atoms with Crippen LogP contribution in [-0.4, -0.2) is 41.6 Å². The summed E-state index contributed by atoms with van der Waals surface area (Å²) >= 11 is 0. The molecule has 0 saturated carbocycles. The van der Waals surface area contributed by atoms with Crippen LogP contribution in [0.2, 0.25) is 0 Å². The standard InChI is InChI=1S/C15H28N2O3/c1-6-17(11-12(2)3)14(20)16-10-9-15(4,5)8-7-13(18)19/h2,6-11H2,1,3-5H3,(H,16,20)(H,18,19). The first-order valence-electron chi connectivity index (χ1n) is 7.07. The second-order valence-corrected chi connectivity index (χ2v) is 6.01. The lowest BCUT2D eigenvalue weighted by Crippen LogP contribution is -2.41. The van der Waals surface area contributed by atoms with Crippen molar-refractivity contribution in [2.75, 3.05) is 19.6 Å². The van der Waals surface area contributed by atoms with Gasteiger partial charge in [-0.05, 0) is 32.1 Å². The van der Waals surface area contributed by atoms with Crippen LogP contribution in [0.25, 0.3) is 0 Å². The van der Waals surface area contributed by atoms with Crippen LogP contribution in [0.5, 0.6) is 0 Å². The van der Waals surface area contributed by atoms with E-state index in [0.717, 1.165) is 12.0 Å². The van der Waals surface area contributed by atoms with E-state index in [1.807, 2.05) is 27.7 Å². The maximum Gasteiger partial charge on any atom is 0.317 e. The third-order valence-corrected chi connectivity index (χ3v) is 3.22. The molecule has 0 unspecified atom stereocenters. The number of hydrogen-bond donors (Lipinski definition) is 2. The molecule has 0 aromatic carbocycles. The molecule has 0 fully saturated rings. The lowest BCUT2D eigenvalue weighted by molar-refractivity contribution is -0.137. The van der Waals surface area contributed by atoms with Crippen LogP contribution < -0.4 is 5.32 Å². The molecule has 0 aromatic heterocycles. The van der Waals surface area contributed by atoms with E-state index in [1.165, 1.54) is 0 Å². The summed E-state index contributed by atoms with van der Waals surface area (Å²) < 4.78 is 0. The number of carbonyl (C=O) groups is 2. The Balaban J connectivity index is 4.11. The summed E-state index contributed by atoms with van der Waals surface area (Å²) in [5, 5.41) is 11.6. The number of carboxylic acid groups (broad SMARTS) is 1. The lowest BCUT2D eigenvalue weighted by atomic mass is 9.84. The van der Waals surface area contributed by atoms with Gasteiger partial charge in [0.1, 0.15) is 0 Å². The first kappa shape index (κ1) is 18.5. The highest BCUT2D eigenvalue weighted by molar-refractivity contribution is 5.74. The highest BCUT2D eigenvalue weighted by Crippen LogP contribution is 2.25. The van der Waals surface area contributed by atoms with E-state index in [1.54, 1.807) is 4.90 Å². The minimum Gasteiger partial charge on any atom is -0.481 e. The normalized spacial score (nSPS) is 11.0. The molecule has 0 radical (unpaired) electrons. The molecule has 2 N–H and O–H groups in total. The first-order valence-corrected chi connectivity index (χ1v) is 7.07. The molecule has 0 aliphatic heterocycles. The minimum atomic E-state index is -0.777. The van der Waals surface area contributed by atoms with Gasteiger partial charge in [0.2, 0.25) is 0 Å². The molecule has 0 atom stereocenters. The third kappa shape index (κ3) is 8.56. The SMILES string of the molecule is C=C(C)CN(CC)C(=O)NCCC(C)(C)CCC(=O)O. The van der Waals surface area contributed by atoms with Gasteiger partial charge in [-0.1, -0.05) is 26.0 Å². The van der Waals surface area contributed by atoms with Crippen molar-refractivity contribution in [2.45, 2.75) is 47.0 Å². The van der Waals surface area contributed by atoms with E-state index in [0.29, 0.717) is 26.1 Å². The second kappa shape index (κ2) is 8.61. The van der Waals surface area contributed by atoms with Crippen molar-refractivity contribution in [1.82, 2.24) is 10.2 Å². The van der Waals surface area contributed by atoms with Gasteiger partial charge in [-0.15, -0.1) is 0 Å². The summed E-state index contributed by atoms with van der Waals surface area (Å²) in [7, 11) is 0. The predicted octanol–water partition coefficient (Wildman–Crippen LogP) is 2.88. The van der Waals surface area contributed by atoms with Crippen LogP contribution >= 0.6 is 0 Å². The molecule has 5 nitrogen and oxygen atoms in total. The Morgan fingerprint density at radius 3 is 2.35 bits per heavy atom. The Morgan fingerprint density at radius 1 is 1.30 bits per heavy atom. The number of nitrogens with zero attached hydrogens (tertiary/aromatic N) is 1. The van der Waals surface area contributed by atoms with Crippen molar-refractivity contribution in [3.8, 4) is 0 Å². The minimum absolute atomic E-state index is 0.0862. The quantitative estimate of drug-likeness (QED) is 0.640. The van der Waals surface area contributed by atoms with Crippen molar-refractivity contribution >= 4 is 12.0 Å². The summed E-state index contributed by atoms with van der Waals surface area (Å²) in [6.45, 7) is 13.4. The van der Waals surface area contributed by atoms with Gasteiger partial charge in [-0.2, -0.15) is 0 Å². The zero-order valence-electron chi connectivity index (χ0n) is 13.2. The molecular formula is C15H28N2O3. The van der Waals surface area contributed by atoms with Crippen molar-refractivity contribution in [3.05, 3.63) is 12.2 Å². The van der Waals surface area contributed by atoms with Crippen LogP contribution in [0.1, 0.15) is 47.0 Å². The van der Waals surface area contributed by atoms with Gasteiger partial charge in [0, 0.05) is 26.1 Å². The Labute approximate surface area is 122 Å². The van der Waals surface area contributed by atoms with Crippen LogP contribution in [-0.2, 0) is 4.79 Å². The first-order chi connectivity index (χ1) is 9.18. The van der Waals surface area contributed by atoms with E-state index in [4.69, 9.17) is 5.11 Å². The molecule has 5 heteroatoms. The van der Waals surface area contributed by atoms with Gasteiger partial charge in [0.05, 0.1) is 0 Å². The molecule has 116 valence electrons. The Kier molecular flexibility index (Phi) is 7.96. The number of likely N-dealkylation sites (N-methyl/N-ethyl adjacent to an activating group) is 1. The number of aliphatic carboxylic acids is 1. The van der Waals surface area contributed by atoms with Crippen LogP contribution in [0, 0.1) is 5.41 Å². The molecule has 20 heavy (non-hydrogen) atoms. The molecule has 0 saturated heterocycles. The van der Waals surface area contributed by atoms with E-state index < -0.39 is 5.97 Å². The Bertz CT molecular complexity index is 351.